The molecular weight excluding hydrogens is 548 g/mol. The van der Waals surface area contributed by atoms with E-state index in [2.05, 4.69) is 17.4 Å². The van der Waals surface area contributed by atoms with Gasteiger partial charge < -0.3 is 15.1 Å². The number of carbonyl (C=O) groups excluding carboxylic acids is 2. The van der Waals surface area contributed by atoms with Crippen LogP contribution in [0.1, 0.15) is 16.8 Å². The van der Waals surface area contributed by atoms with Gasteiger partial charge in [-0.15, -0.1) is 0 Å². The first-order chi connectivity index (χ1) is 21.3. The van der Waals surface area contributed by atoms with Gasteiger partial charge in [0.05, 0.1) is 23.3 Å². The van der Waals surface area contributed by atoms with Crippen LogP contribution in [0.15, 0.2) is 108 Å². The molecule has 2 heterocycles. The number of nitrogens with zero attached hydrogens (tertiary/aromatic N) is 5. The average Bonchev–Trinajstić information content (AvgIpc) is 3.04. The molecule has 218 valence electrons. The van der Waals surface area contributed by atoms with Crippen LogP contribution in [0.2, 0.25) is 0 Å². The zero-order chi connectivity index (χ0) is 30.8. The molecule has 1 aliphatic rings. The van der Waals surface area contributed by atoms with Gasteiger partial charge in [0.15, 0.2) is 5.82 Å². The molecule has 1 aliphatic heterocycles. The van der Waals surface area contributed by atoms with Crippen molar-refractivity contribution in [2.75, 3.05) is 33.5 Å². The fraction of sp³-hybridized carbons (Fsp3) is 0.139. The van der Waals surface area contributed by atoms with Gasteiger partial charge in [0.1, 0.15) is 5.84 Å². The number of hydrogen-bond donors (Lipinski definition) is 1. The topological polar surface area (TPSA) is 90.8 Å². The minimum Gasteiger partial charge on any atom is -0.348 e. The number of para-hydroxylation sites is 1. The van der Waals surface area contributed by atoms with Crippen molar-refractivity contribution in [2.24, 2.45) is 4.99 Å². The van der Waals surface area contributed by atoms with Gasteiger partial charge in [0, 0.05) is 62.0 Å². The monoisotopic (exact) mass is 580 g/mol. The highest BCUT2D eigenvalue weighted by molar-refractivity contribution is 6.15. The smallest absolute Gasteiger partial charge is 0.248 e. The molecule has 0 saturated carbocycles. The Balaban J connectivity index is 1.40. The molecule has 1 aromatic heterocycles. The number of nitrogens with one attached hydrogen (secondary N) is 1. The standard InChI is InChI=1S/C36H32N6O2/c1-41(2)33(43)21-31-27-15-8-9-16-29(27)37-36(40-31)26-14-10-13-24(19-26)25-17-18-28-30(20-25)38-35(23-11-6-5-7-12-23)39-32(28)22-34(44)42(3)4/h5-20,22H,21H2,1-4H3,(H,38,39)/b32-22-. The van der Waals surface area contributed by atoms with E-state index in [-0.39, 0.29) is 18.2 Å². The molecule has 0 atom stereocenters. The fourth-order valence-corrected chi connectivity index (χ4v) is 5.02. The van der Waals surface area contributed by atoms with Crippen LogP contribution in [0.25, 0.3) is 39.1 Å². The molecular formula is C36H32N6O2. The first-order valence-electron chi connectivity index (χ1n) is 14.3. The molecule has 0 bridgehead atoms. The third kappa shape index (κ3) is 5.83. The normalized spacial score (nSPS) is 13.2. The highest BCUT2D eigenvalue weighted by atomic mass is 16.2. The Morgan fingerprint density at radius 2 is 1.43 bits per heavy atom. The van der Waals surface area contributed by atoms with Crippen LogP contribution in [-0.4, -0.2) is 65.6 Å². The number of aromatic nitrogens is 2. The number of benzene rings is 4. The summed E-state index contributed by atoms with van der Waals surface area (Å²) in [5.74, 6) is 1.08. The molecule has 0 radical (unpaired) electrons. The maximum Gasteiger partial charge on any atom is 0.248 e. The molecule has 8 nitrogen and oxygen atoms in total. The van der Waals surface area contributed by atoms with Gasteiger partial charge in [-0.3, -0.25) is 9.59 Å². The van der Waals surface area contributed by atoms with Gasteiger partial charge in [-0.2, -0.15) is 0 Å². The Labute approximate surface area is 256 Å². The predicted octanol–water partition coefficient (Wildman–Crippen LogP) is 5.90. The first kappa shape index (κ1) is 28.5. The highest BCUT2D eigenvalue weighted by Gasteiger charge is 2.20. The summed E-state index contributed by atoms with van der Waals surface area (Å²) >= 11 is 0. The van der Waals surface area contributed by atoms with Crippen molar-refractivity contribution >= 4 is 39.9 Å². The van der Waals surface area contributed by atoms with Crippen LogP contribution in [0.5, 0.6) is 0 Å². The molecule has 0 fully saturated rings. The maximum atomic E-state index is 12.6. The highest BCUT2D eigenvalue weighted by Crippen LogP contribution is 2.35. The van der Waals surface area contributed by atoms with Crippen molar-refractivity contribution in [3.8, 4) is 22.5 Å². The molecule has 0 unspecified atom stereocenters. The summed E-state index contributed by atoms with van der Waals surface area (Å²) in [6, 6.07) is 31.8. The molecule has 0 aliphatic carbocycles. The van der Waals surface area contributed by atoms with Crippen LogP contribution in [-0.2, 0) is 16.0 Å². The Morgan fingerprint density at radius 3 is 2.20 bits per heavy atom. The first-order valence-corrected chi connectivity index (χ1v) is 14.3. The summed E-state index contributed by atoms with van der Waals surface area (Å²) in [5.41, 5.74) is 7.52. The van der Waals surface area contributed by atoms with E-state index >= 15 is 0 Å². The largest absolute Gasteiger partial charge is 0.348 e. The molecule has 0 spiro atoms. The number of hydrogen-bond acceptors (Lipinski definition) is 6. The zero-order valence-corrected chi connectivity index (χ0v) is 25.1. The van der Waals surface area contributed by atoms with Crippen LogP contribution >= 0.6 is 0 Å². The molecule has 8 heteroatoms. The third-order valence-electron chi connectivity index (χ3n) is 7.48. The summed E-state index contributed by atoms with van der Waals surface area (Å²) in [6.45, 7) is 0. The van der Waals surface area contributed by atoms with Crippen molar-refractivity contribution in [3.63, 3.8) is 0 Å². The Morgan fingerprint density at radius 1 is 0.727 bits per heavy atom. The zero-order valence-electron chi connectivity index (χ0n) is 25.1. The van der Waals surface area contributed by atoms with Gasteiger partial charge >= 0.3 is 0 Å². The maximum absolute atomic E-state index is 12.6. The summed E-state index contributed by atoms with van der Waals surface area (Å²) < 4.78 is 0. The van der Waals surface area contributed by atoms with Crippen molar-refractivity contribution < 1.29 is 9.59 Å². The number of likely N-dealkylation sites (N-methyl/N-ethyl adjacent to an activating group) is 2. The molecule has 6 rings (SSSR count). The summed E-state index contributed by atoms with van der Waals surface area (Å²) in [7, 11) is 6.94. The van der Waals surface area contributed by atoms with Gasteiger partial charge in [0.25, 0.3) is 0 Å². The summed E-state index contributed by atoms with van der Waals surface area (Å²) in [5, 5.41) is 4.35. The van der Waals surface area contributed by atoms with Gasteiger partial charge in [-0.05, 0) is 29.3 Å². The number of amidine groups is 1. The van der Waals surface area contributed by atoms with Crippen molar-refractivity contribution in [1.29, 1.82) is 0 Å². The second kappa shape index (κ2) is 11.9. The number of amides is 2. The SMILES string of the molecule is CN(C)C(=O)/C=C1\N=C(c2ccccc2)Nc2cc(-c3cccc(-c4nc(CC(=O)N(C)C)c5ccccc5n4)c3)ccc21. The van der Waals surface area contributed by atoms with Crippen molar-refractivity contribution in [1.82, 2.24) is 19.8 Å². The quantitative estimate of drug-likeness (QED) is 0.253. The Hall–Kier alpha value is -5.63. The van der Waals surface area contributed by atoms with Gasteiger partial charge in [-0.1, -0.05) is 78.9 Å². The lowest BCUT2D eigenvalue weighted by molar-refractivity contribution is -0.128. The van der Waals surface area contributed by atoms with Crippen LogP contribution < -0.4 is 5.32 Å². The van der Waals surface area contributed by atoms with Gasteiger partial charge in [-0.25, -0.2) is 15.0 Å². The van der Waals surface area contributed by atoms with E-state index < -0.39 is 0 Å². The minimum absolute atomic E-state index is 0.0192. The van der Waals surface area contributed by atoms with E-state index in [4.69, 9.17) is 15.0 Å². The molecule has 5 aromatic rings. The molecule has 44 heavy (non-hydrogen) atoms. The second-order valence-electron chi connectivity index (χ2n) is 11.0. The summed E-state index contributed by atoms with van der Waals surface area (Å²) in [4.78, 5) is 42.9. The van der Waals surface area contributed by atoms with E-state index in [0.717, 1.165) is 44.4 Å². The van der Waals surface area contributed by atoms with E-state index in [9.17, 15) is 9.59 Å². The van der Waals surface area contributed by atoms with E-state index in [0.29, 0.717) is 23.1 Å². The minimum atomic E-state index is -0.136. The van der Waals surface area contributed by atoms with Crippen LogP contribution in [0.3, 0.4) is 0 Å². The lowest BCUT2D eigenvalue weighted by Gasteiger charge is -2.22. The third-order valence-corrected chi connectivity index (χ3v) is 7.48. The van der Waals surface area contributed by atoms with E-state index in [1.807, 2.05) is 84.9 Å². The molecule has 4 aromatic carbocycles. The number of anilines is 1. The van der Waals surface area contributed by atoms with Crippen molar-refractivity contribution in [3.05, 3.63) is 120 Å². The number of aliphatic imine (C=N–C) groups is 1. The number of carbonyl (C=O) groups is 2. The molecule has 0 saturated heterocycles. The van der Waals surface area contributed by atoms with Crippen LogP contribution in [0, 0.1) is 0 Å². The number of fused-ring (bicyclic) bond motifs is 2. The van der Waals surface area contributed by atoms with E-state index in [1.54, 1.807) is 39.2 Å². The van der Waals surface area contributed by atoms with Crippen LogP contribution in [0.4, 0.5) is 5.69 Å². The second-order valence-corrected chi connectivity index (χ2v) is 11.0. The molecule has 2 amide bonds. The Kier molecular flexibility index (Phi) is 7.72. The average molecular weight is 581 g/mol. The van der Waals surface area contributed by atoms with Gasteiger partial charge in [0.2, 0.25) is 11.8 Å². The Bertz CT molecular complexity index is 1960. The summed E-state index contributed by atoms with van der Waals surface area (Å²) in [6.07, 6.45) is 1.76. The van der Waals surface area contributed by atoms with Crippen molar-refractivity contribution in [2.45, 2.75) is 6.42 Å². The fourth-order valence-electron chi connectivity index (χ4n) is 5.02. The number of rotatable bonds is 6. The predicted molar refractivity (Wildman–Crippen MR) is 176 cm³/mol. The lowest BCUT2D eigenvalue weighted by Crippen LogP contribution is -2.24. The molecule has 1 N–H and O–H groups in total. The lowest BCUT2D eigenvalue weighted by atomic mass is 9.97. The van der Waals surface area contributed by atoms with E-state index in [1.165, 1.54) is 4.90 Å².